The summed E-state index contributed by atoms with van der Waals surface area (Å²) in [5.74, 6) is 0.0718. The van der Waals surface area contributed by atoms with E-state index in [1.807, 2.05) is 12.1 Å². The normalized spacial score (nSPS) is 12.4. The van der Waals surface area contributed by atoms with E-state index in [1.54, 1.807) is 29.8 Å². The van der Waals surface area contributed by atoms with Crippen LogP contribution in [-0.2, 0) is 14.9 Å². The lowest BCUT2D eigenvalue weighted by molar-refractivity contribution is 0.0518. The topological polar surface area (TPSA) is 82.5 Å². The van der Waals surface area contributed by atoms with Crippen molar-refractivity contribution in [1.82, 2.24) is 15.1 Å². The lowest BCUT2D eigenvalue weighted by Gasteiger charge is -2.20. The van der Waals surface area contributed by atoms with Crippen LogP contribution < -0.4 is 5.32 Å². The van der Waals surface area contributed by atoms with Crippen molar-refractivity contribution in [1.29, 1.82) is 0 Å². The van der Waals surface area contributed by atoms with Gasteiger partial charge in [-0.2, -0.15) is 5.10 Å². The fourth-order valence-electron chi connectivity index (χ4n) is 3.80. The highest BCUT2D eigenvalue weighted by molar-refractivity contribution is 5.94. The highest BCUT2D eigenvalue weighted by Crippen LogP contribution is 2.26. The van der Waals surface area contributed by atoms with Gasteiger partial charge in [-0.1, -0.05) is 53.9 Å². The Hall–Kier alpha value is -2.67. The van der Waals surface area contributed by atoms with Gasteiger partial charge in [-0.05, 0) is 56.0 Å². The number of amides is 1. The van der Waals surface area contributed by atoms with E-state index in [-0.39, 0.29) is 17.0 Å². The molecule has 0 unspecified atom stereocenters. The molecule has 1 aromatic heterocycles. The van der Waals surface area contributed by atoms with E-state index >= 15 is 0 Å². The van der Waals surface area contributed by atoms with E-state index in [2.05, 4.69) is 45.0 Å². The van der Waals surface area contributed by atoms with Crippen LogP contribution in [0, 0.1) is 5.92 Å². The second-order valence-electron chi connectivity index (χ2n) is 9.94. The molecule has 35 heavy (non-hydrogen) atoms. The quantitative estimate of drug-likeness (QED) is 0.274. The summed E-state index contributed by atoms with van der Waals surface area (Å²) in [6, 6.07) is 9.01. The first-order valence-corrected chi connectivity index (χ1v) is 12.9. The Kier molecular flexibility index (Phi) is 11.4. The second kappa shape index (κ2) is 14.0. The minimum Gasteiger partial charge on any atom is -0.461 e. The number of hydrogen-bond acceptors (Lipinski definition) is 5. The van der Waals surface area contributed by atoms with Crippen LogP contribution in [-0.4, -0.2) is 48.0 Å². The lowest BCUT2D eigenvalue weighted by atomic mass is 9.91. The maximum absolute atomic E-state index is 12.6. The molecule has 0 fully saturated rings. The van der Waals surface area contributed by atoms with E-state index in [1.165, 1.54) is 19.3 Å². The molecule has 7 nitrogen and oxygen atoms in total. The van der Waals surface area contributed by atoms with Crippen LogP contribution in [0.1, 0.15) is 100 Å². The van der Waals surface area contributed by atoms with Crippen LogP contribution >= 0.6 is 0 Å². The molecular formula is C28H43N3O4. The van der Waals surface area contributed by atoms with Gasteiger partial charge < -0.3 is 14.8 Å². The van der Waals surface area contributed by atoms with Crippen LogP contribution in [0.25, 0.3) is 5.69 Å². The Morgan fingerprint density at radius 1 is 1.09 bits per heavy atom. The van der Waals surface area contributed by atoms with Gasteiger partial charge in [0.15, 0.2) is 5.69 Å². The van der Waals surface area contributed by atoms with Crippen molar-refractivity contribution < 1.29 is 19.1 Å². The zero-order valence-electron chi connectivity index (χ0n) is 22.4. The zero-order valence-corrected chi connectivity index (χ0v) is 22.4. The van der Waals surface area contributed by atoms with Gasteiger partial charge >= 0.3 is 5.97 Å². The Morgan fingerprint density at radius 2 is 1.80 bits per heavy atom. The first kappa shape index (κ1) is 28.6. The lowest BCUT2D eigenvalue weighted by Crippen LogP contribution is -2.25. The molecule has 1 N–H and O–H groups in total. The molecule has 1 atom stereocenters. The highest BCUT2D eigenvalue weighted by atomic mass is 16.5. The molecule has 2 aromatic rings. The number of ether oxygens (including phenoxy) is 2. The zero-order chi connectivity index (χ0) is 25.8. The number of hydrogen-bond donors (Lipinski definition) is 1. The molecule has 1 amide bonds. The van der Waals surface area contributed by atoms with Gasteiger partial charge in [-0.25, -0.2) is 9.48 Å². The molecule has 0 aliphatic rings. The van der Waals surface area contributed by atoms with Crippen molar-refractivity contribution in [2.45, 2.75) is 79.1 Å². The molecule has 7 heteroatoms. The Morgan fingerprint density at radius 3 is 2.40 bits per heavy atom. The molecule has 0 aliphatic carbocycles. The van der Waals surface area contributed by atoms with Gasteiger partial charge in [0.2, 0.25) is 0 Å². The van der Waals surface area contributed by atoms with E-state index in [4.69, 9.17) is 9.47 Å². The van der Waals surface area contributed by atoms with Crippen LogP contribution in [0.5, 0.6) is 0 Å². The van der Waals surface area contributed by atoms with Crippen LogP contribution in [0.4, 0.5) is 0 Å². The molecule has 0 spiro atoms. The number of unbranched alkanes of at least 4 members (excludes halogenated alkanes) is 1. The van der Waals surface area contributed by atoms with Crippen molar-refractivity contribution in [3.8, 4) is 5.69 Å². The first-order chi connectivity index (χ1) is 16.7. The van der Waals surface area contributed by atoms with Crippen LogP contribution in [0.3, 0.4) is 0 Å². The summed E-state index contributed by atoms with van der Waals surface area (Å²) in [6.07, 6.45) is 5.62. The summed E-state index contributed by atoms with van der Waals surface area (Å²) in [5.41, 5.74) is 2.29. The van der Waals surface area contributed by atoms with Gasteiger partial charge in [0.25, 0.3) is 5.91 Å². The summed E-state index contributed by atoms with van der Waals surface area (Å²) in [4.78, 5) is 24.8. The summed E-state index contributed by atoms with van der Waals surface area (Å²) >= 11 is 0. The predicted octanol–water partition coefficient (Wildman–Crippen LogP) is 5.70. The van der Waals surface area contributed by atoms with E-state index < -0.39 is 5.97 Å². The molecule has 0 radical (unpaired) electrons. The van der Waals surface area contributed by atoms with Gasteiger partial charge in [-0.15, -0.1) is 0 Å². The van der Waals surface area contributed by atoms with Gasteiger partial charge in [0, 0.05) is 30.7 Å². The fourth-order valence-corrected chi connectivity index (χ4v) is 3.80. The number of carbonyl (C=O) groups is 2. The number of nitrogens with one attached hydrogen (secondary N) is 1. The Labute approximate surface area is 210 Å². The third-order valence-electron chi connectivity index (χ3n) is 5.98. The first-order valence-electron chi connectivity index (χ1n) is 12.9. The molecule has 194 valence electrons. The second-order valence-corrected chi connectivity index (χ2v) is 9.94. The minimum absolute atomic E-state index is 0.116. The van der Waals surface area contributed by atoms with Crippen molar-refractivity contribution in [3.05, 3.63) is 47.3 Å². The molecule has 1 heterocycles. The molecule has 0 aliphatic heterocycles. The number of carbonyl (C=O) groups excluding carboxylic acids is 2. The van der Waals surface area contributed by atoms with Gasteiger partial charge in [0.05, 0.1) is 18.0 Å². The van der Waals surface area contributed by atoms with Crippen molar-refractivity contribution >= 4 is 11.9 Å². The molecule has 1 aromatic carbocycles. The number of esters is 1. The average Bonchev–Trinajstić information content (AvgIpc) is 3.30. The maximum Gasteiger partial charge on any atom is 0.358 e. The maximum atomic E-state index is 12.6. The molecule has 2 rings (SSSR count). The predicted molar refractivity (Wildman–Crippen MR) is 139 cm³/mol. The third-order valence-corrected chi connectivity index (χ3v) is 5.98. The molecule has 0 saturated heterocycles. The SMILES string of the molecule is CCCC[C@H](CC)COCCCNC(=O)c1ccc(-n2nc(C(=O)OCC)cc2C(C)(C)C)cc1. The summed E-state index contributed by atoms with van der Waals surface area (Å²) in [7, 11) is 0. The number of aromatic nitrogens is 2. The number of benzene rings is 1. The molecular weight excluding hydrogens is 442 g/mol. The summed E-state index contributed by atoms with van der Waals surface area (Å²) in [5, 5.41) is 7.44. The van der Waals surface area contributed by atoms with Crippen LogP contribution in [0.2, 0.25) is 0 Å². The van der Waals surface area contributed by atoms with E-state index in [0.29, 0.717) is 31.2 Å². The van der Waals surface area contributed by atoms with E-state index in [0.717, 1.165) is 30.8 Å². The summed E-state index contributed by atoms with van der Waals surface area (Å²) < 4.78 is 12.7. The third kappa shape index (κ3) is 8.80. The van der Waals surface area contributed by atoms with Crippen molar-refractivity contribution in [2.75, 3.05) is 26.4 Å². The Balaban J connectivity index is 1.92. The molecule has 0 bridgehead atoms. The van der Waals surface area contributed by atoms with Gasteiger partial charge in [0.1, 0.15) is 0 Å². The fraction of sp³-hybridized carbons (Fsp3) is 0.607. The monoisotopic (exact) mass is 485 g/mol. The Bertz CT molecular complexity index is 929. The summed E-state index contributed by atoms with van der Waals surface area (Å²) in [6.45, 7) is 14.7. The van der Waals surface area contributed by atoms with Crippen molar-refractivity contribution in [2.24, 2.45) is 5.92 Å². The van der Waals surface area contributed by atoms with E-state index in [9.17, 15) is 9.59 Å². The number of nitrogens with zero attached hydrogens (tertiary/aromatic N) is 2. The molecule has 0 saturated carbocycles. The van der Waals surface area contributed by atoms with Gasteiger partial charge in [-0.3, -0.25) is 4.79 Å². The smallest absolute Gasteiger partial charge is 0.358 e. The van der Waals surface area contributed by atoms with Crippen molar-refractivity contribution in [3.63, 3.8) is 0 Å². The standard InChI is InChI=1S/C28H43N3O4/c1-7-10-12-21(8-2)20-34-18-11-17-29-26(32)22-13-15-23(16-14-22)31-25(28(4,5)6)19-24(30-31)27(33)35-9-3/h13-16,19,21H,7-12,17-18,20H2,1-6H3,(H,29,32)/t21-/m0/s1. The largest absolute Gasteiger partial charge is 0.461 e. The average molecular weight is 486 g/mol. The van der Waals surface area contributed by atoms with Crippen LogP contribution in [0.15, 0.2) is 30.3 Å². The minimum atomic E-state index is -0.442. The highest BCUT2D eigenvalue weighted by Gasteiger charge is 2.25. The number of rotatable bonds is 14.